The van der Waals surface area contributed by atoms with Gasteiger partial charge in [0.25, 0.3) is 5.91 Å². The first-order valence-corrected chi connectivity index (χ1v) is 8.96. The van der Waals surface area contributed by atoms with Crippen LogP contribution in [-0.2, 0) is 20.9 Å². The standard InChI is InChI=1S/C21H25NO7/c1-5-28-12-15-10-14(6-9-18(15)26-3)21(24)29-13-20(23)22-17-8-7-16(25-2)11-19(17)27-4/h6-11H,5,12-13H2,1-4H3,(H,22,23). The van der Waals surface area contributed by atoms with Gasteiger partial charge in [0.2, 0.25) is 0 Å². The van der Waals surface area contributed by atoms with E-state index in [4.69, 9.17) is 23.7 Å². The molecule has 0 aliphatic heterocycles. The Hall–Kier alpha value is -3.26. The zero-order valence-electron chi connectivity index (χ0n) is 16.9. The van der Waals surface area contributed by atoms with Gasteiger partial charge in [0, 0.05) is 18.2 Å². The largest absolute Gasteiger partial charge is 0.497 e. The van der Waals surface area contributed by atoms with E-state index in [0.29, 0.717) is 41.7 Å². The highest BCUT2D eigenvalue weighted by molar-refractivity contribution is 5.96. The van der Waals surface area contributed by atoms with Gasteiger partial charge in [-0.1, -0.05) is 0 Å². The Bertz CT molecular complexity index is 851. The van der Waals surface area contributed by atoms with Crippen molar-refractivity contribution in [3.05, 3.63) is 47.5 Å². The quantitative estimate of drug-likeness (QED) is 0.610. The van der Waals surface area contributed by atoms with Crippen molar-refractivity contribution in [2.75, 3.05) is 39.9 Å². The average molecular weight is 403 g/mol. The van der Waals surface area contributed by atoms with Crippen LogP contribution < -0.4 is 19.5 Å². The lowest BCUT2D eigenvalue weighted by molar-refractivity contribution is -0.119. The maximum atomic E-state index is 12.3. The van der Waals surface area contributed by atoms with Gasteiger partial charge in [0.05, 0.1) is 39.2 Å². The number of amides is 1. The number of hydrogen-bond donors (Lipinski definition) is 1. The minimum Gasteiger partial charge on any atom is -0.497 e. The lowest BCUT2D eigenvalue weighted by Crippen LogP contribution is -2.21. The van der Waals surface area contributed by atoms with Crippen molar-refractivity contribution in [3.8, 4) is 17.2 Å². The minimum absolute atomic E-state index is 0.301. The van der Waals surface area contributed by atoms with Crippen LogP contribution in [0.1, 0.15) is 22.8 Å². The molecular formula is C21H25NO7. The molecule has 2 rings (SSSR count). The summed E-state index contributed by atoms with van der Waals surface area (Å²) in [6, 6.07) is 9.82. The van der Waals surface area contributed by atoms with E-state index in [9.17, 15) is 9.59 Å². The highest BCUT2D eigenvalue weighted by Gasteiger charge is 2.15. The summed E-state index contributed by atoms with van der Waals surface area (Å²) in [5, 5.41) is 2.64. The zero-order chi connectivity index (χ0) is 21.2. The van der Waals surface area contributed by atoms with Gasteiger partial charge in [0.15, 0.2) is 6.61 Å². The lowest BCUT2D eigenvalue weighted by atomic mass is 10.1. The SMILES string of the molecule is CCOCc1cc(C(=O)OCC(=O)Nc2ccc(OC)cc2OC)ccc1OC. The van der Waals surface area contributed by atoms with Gasteiger partial charge in [-0.15, -0.1) is 0 Å². The Labute approximate surface area is 169 Å². The summed E-state index contributed by atoms with van der Waals surface area (Å²) in [6.45, 7) is 2.27. The number of esters is 1. The third-order valence-electron chi connectivity index (χ3n) is 3.99. The Morgan fingerprint density at radius 3 is 2.34 bits per heavy atom. The van der Waals surface area contributed by atoms with E-state index >= 15 is 0 Å². The maximum Gasteiger partial charge on any atom is 0.338 e. The first-order chi connectivity index (χ1) is 14.0. The molecule has 0 aliphatic carbocycles. The van der Waals surface area contributed by atoms with Crippen LogP contribution in [-0.4, -0.2) is 46.4 Å². The zero-order valence-corrected chi connectivity index (χ0v) is 16.9. The summed E-state index contributed by atoms with van der Waals surface area (Å²) in [6.07, 6.45) is 0. The minimum atomic E-state index is -0.623. The number of carbonyl (C=O) groups excluding carboxylic acids is 2. The van der Waals surface area contributed by atoms with Crippen molar-refractivity contribution in [1.29, 1.82) is 0 Å². The molecule has 0 unspecified atom stereocenters. The van der Waals surface area contributed by atoms with Crippen LogP contribution in [0.25, 0.3) is 0 Å². The van der Waals surface area contributed by atoms with E-state index in [1.165, 1.54) is 14.2 Å². The molecule has 2 aromatic carbocycles. The predicted molar refractivity (Wildman–Crippen MR) is 107 cm³/mol. The van der Waals surface area contributed by atoms with Crippen molar-refractivity contribution in [3.63, 3.8) is 0 Å². The molecular weight excluding hydrogens is 378 g/mol. The summed E-state index contributed by atoms with van der Waals surface area (Å²) in [4.78, 5) is 24.5. The number of carbonyl (C=O) groups is 2. The van der Waals surface area contributed by atoms with Gasteiger partial charge in [-0.05, 0) is 37.3 Å². The summed E-state index contributed by atoms with van der Waals surface area (Å²) in [5.41, 5.74) is 1.46. The van der Waals surface area contributed by atoms with E-state index in [1.54, 1.807) is 43.5 Å². The fourth-order valence-corrected chi connectivity index (χ4v) is 2.53. The van der Waals surface area contributed by atoms with E-state index in [1.807, 2.05) is 6.92 Å². The van der Waals surface area contributed by atoms with Crippen LogP contribution in [0.5, 0.6) is 17.2 Å². The monoisotopic (exact) mass is 403 g/mol. The highest BCUT2D eigenvalue weighted by Crippen LogP contribution is 2.29. The second-order valence-electron chi connectivity index (χ2n) is 5.85. The number of rotatable bonds is 10. The Morgan fingerprint density at radius 2 is 1.69 bits per heavy atom. The number of benzene rings is 2. The molecule has 0 aromatic heterocycles. The van der Waals surface area contributed by atoms with Crippen molar-refractivity contribution in [2.24, 2.45) is 0 Å². The number of ether oxygens (including phenoxy) is 5. The fourth-order valence-electron chi connectivity index (χ4n) is 2.53. The maximum absolute atomic E-state index is 12.3. The molecule has 0 atom stereocenters. The smallest absolute Gasteiger partial charge is 0.338 e. The molecule has 1 N–H and O–H groups in total. The summed E-state index contributed by atoms with van der Waals surface area (Å²) >= 11 is 0. The number of methoxy groups -OCH3 is 3. The molecule has 0 fully saturated rings. The number of hydrogen-bond acceptors (Lipinski definition) is 7. The van der Waals surface area contributed by atoms with Gasteiger partial charge in [-0.2, -0.15) is 0 Å². The van der Waals surface area contributed by atoms with Crippen LogP contribution in [0.15, 0.2) is 36.4 Å². The molecule has 0 spiro atoms. The molecule has 0 aliphatic rings. The van der Waals surface area contributed by atoms with E-state index in [0.717, 1.165) is 5.56 Å². The molecule has 1 amide bonds. The molecule has 156 valence electrons. The lowest BCUT2D eigenvalue weighted by Gasteiger charge is -2.12. The van der Waals surface area contributed by atoms with Gasteiger partial charge >= 0.3 is 5.97 Å². The molecule has 0 radical (unpaired) electrons. The van der Waals surface area contributed by atoms with Crippen LogP contribution in [0.3, 0.4) is 0 Å². The van der Waals surface area contributed by atoms with Crippen molar-refractivity contribution in [2.45, 2.75) is 13.5 Å². The first-order valence-electron chi connectivity index (χ1n) is 8.96. The van der Waals surface area contributed by atoms with Gasteiger partial charge in [-0.3, -0.25) is 4.79 Å². The van der Waals surface area contributed by atoms with Crippen LogP contribution in [0.2, 0.25) is 0 Å². The molecule has 29 heavy (non-hydrogen) atoms. The molecule has 0 saturated carbocycles. The van der Waals surface area contributed by atoms with E-state index in [2.05, 4.69) is 5.32 Å². The van der Waals surface area contributed by atoms with Gasteiger partial charge in [-0.25, -0.2) is 4.79 Å². The van der Waals surface area contributed by atoms with E-state index < -0.39 is 18.5 Å². The molecule has 8 nitrogen and oxygen atoms in total. The molecule has 0 saturated heterocycles. The highest BCUT2D eigenvalue weighted by atomic mass is 16.5. The summed E-state index contributed by atoms with van der Waals surface area (Å²) < 4.78 is 26.1. The van der Waals surface area contributed by atoms with Gasteiger partial charge < -0.3 is 29.0 Å². The molecule has 0 heterocycles. The topological polar surface area (TPSA) is 92.3 Å². The normalized spacial score (nSPS) is 10.2. The third kappa shape index (κ3) is 6.11. The average Bonchev–Trinajstić information content (AvgIpc) is 2.75. The van der Waals surface area contributed by atoms with E-state index in [-0.39, 0.29) is 0 Å². The molecule has 2 aromatic rings. The van der Waals surface area contributed by atoms with Crippen LogP contribution >= 0.6 is 0 Å². The third-order valence-corrected chi connectivity index (χ3v) is 3.99. The van der Waals surface area contributed by atoms with Crippen molar-refractivity contribution in [1.82, 2.24) is 0 Å². The van der Waals surface area contributed by atoms with Crippen LogP contribution in [0, 0.1) is 0 Å². The van der Waals surface area contributed by atoms with Crippen LogP contribution in [0.4, 0.5) is 5.69 Å². The Morgan fingerprint density at radius 1 is 0.931 bits per heavy atom. The van der Waals surface area contributed by atoms with Crippen molar-refractivity contribution >= 4 is 17.6 Å². The second-order valence-corrected chi connectivity index (χ2v) is 5.85. The second kappa shape index (κ2) is 10.9. The summed E-state index contributed by atoms with van der Waals surface area (Å²) in [7, 11) is 4.56. The molecule has 0 bridgehead atoms. The first kappa shape index (κ1) is 22.0. The van der Waals surface area contributed by atoms with Crippen molar-refractivity contribution < 1.29 is 33.3 Å². The Balaban J connectivity index is 1.99. The predicted octanol–water partition coefficient (Wildman–Crippen LogP) is 3.04. The summed E-state index contributed by atoms with van der Waals surface area (Å²) in [5.74, 6) is 0.514. The number of anilines is 1. The Kier molecular flexibility index (Phi) is 8.29. The molecule has 8 heteroatoms. The number of nitrogens with one attached hydrogen (secondary N) is 1. The fraction of sp³-hybridized carbons (Fsp3) is 0.333. The van der Waals surface area contributed by atoms with Gasteiger partial charge in [0.1, 0.15) is 17.2 Å².